The minimum Gasteiger partial charge on any atom is -0.309 e. The van der Waals surface area contributed by atoms with Gasteiger partial charge in [0.05, 0.1) is 22.2 Å². The van der Waals surface area contributed by atoms with E-state index in [4.69, 9.17) is 9.97 Å². The zero-order chi connectivity index (χ0) is 29.4. The first-order chi connectivity index (χ1) is 21.6. The average Bonchev–Trinajstić information content (AvgIpc) is 3.52. The molecule has 0 saturated heterocycles. The van der Waals surface area contributed by atoms with Crippen LogP contribution in [0.3, 0.4) is 0 Å². The van der Waals surface area contributed by atoms with Crippen molar-refractivity contribution in [1.82, 2.24) is 14.5 Å². The Hall–Kier alpha value is -5.54. The molecule has 3 nitrogen and oxygen atoms in total. The van der Waals surface area contributed by atoms with Gasteiger partial charge in [-0.15, -0.1) is 0 Å². The number of fused-ring (bicyclic) bond motifs is 7. The lowest BCUT2D eigenvalue weighted by Crippen LogP contribution is -2.14. The van der Waals surface area contributed by atoms with Crippen molar-refractivity contribution in [3.8, 4) is 39.5 Å². The Balaban J connectivity index is 1.23. The zero-order valence-corrected chi connectivity index (χ0v) is 24.6. The molecule has 9 rings (SSSR count). The Morgan fingerprint density at radius 2 is 1.20 bits per heavy atom. The number of hydrogen-bond donors (Lipinski definition) is 0. The molecule has 0 spiro atoms. The number of para-hydroxylation sites is 2. The Kier molecular flexibility index (Phi) is 5.24. The van der Waals surface area contributed by atoms with Crippen LogP contribution in [0.1, 0.15) is 25.0 Å². The van der Waals surface area contributed by atoms with Gasteiger partial charge in [-0.1, -0.05) is 117 Å². The van der Waals surface area contributed by atoms with Gasteiger partial charge in [-0.2, -0.15) is 0 Å². The zero-order valence-electron chi connectivity index (χ0n) is 24.6. The Morgan fingerprint density at radius 1 is 0.500 bits per heavy atom. The fraction of sp³-hybridized carbons (Fsp3) is 0.0732. The number of nitrogens with zero attached hydrogens (tertiary/aromatic N) is 3. The van der Waals surface area contributed by atoms with Crippen LogP contribution in [0.4, 0.5) is 0 Å². The molecule has 0 bridgehead atoms. The lowest BCUT2D eigenvalue weighted by Gasteiger charge is -2.21. The largest absolute Gasteiger partial charge is 0.309 e. The highest BCUT2D eigenvalue weighted by atomic mass is 15.0. The smallest absolute Gasteiger partial charge is 0.160 e. The van der Waals surface area contributed by atoms with E-state index in [2.05, 4.69) is 134 Å². The van der Waals surface area contributed by atoms with Crippen molar-refractivity contribution in [2.24, 2.45) is 0 Å². The molecular formula is C41H29N3. The summed E-state index contributed by atoms with van der Waals surface area (Å²) in [5, 5.41) is 3.60. The third-order valence-electron chi connectivity index (χ3n) is 9.41. The first-order valence-electron chi connectivity index (χ1n) is 15.2. The van der Waals surface area contributed by atoms with Gasteiger partial charge in [0, 0.05) is 38.4 Å². The predicted octanol–water partition coefficient (Wildman–Crippen LogP) is 10.4. The van der Waals surface area contributed by atoms with Crippen LogP contribution in [0, 0.1) is 0 Å². The van der Waals surface area contributed by atoms with Crippen molar-refractivity contribution in [2.45, 2.75) is 19.3 Å². The SMILES string of the molecule is CC1(C)c2ccccc2-c2cc3c4ccccc4n(-c4ccc(-c5nc(-c6ccccc6)nc6ccccc56)cc4)c3cc21. The van der Waals surface area contributed by atoms with Crippen molar-refractivity contribution in [3.63, 3.8) is 0 Å². The highest BCUT2D eigenvalue weighted by Gasteiger charge is 2.36. The maximum absolute atomic E-state index is 5.09. The predicted molar refractivity (Wildman–Crippen MR) is 182 cm³/mol. The summed E-state index contributed by atoms with van der Waals surface area (Å²) >= 11 is 0. The molecule has 6 aromatic carbocycles. The molecule has 208 valence electrons. The van der Waals surface area contributed by atoms with Gasteiger partial charge in [-0.25, -0.2) is 9.97 Å². The van der Waals surface area contributed by atoms with E-state index in [1.165, 1.54) is 44.1 Å². The Labute approximate surface area is 256 Å². The van der Waals surface area contributed by atoms with E-state index < -0.39 is 0 Å². The highest BCUT2D eigenvalue weighted by Crippen LogP contribution is 2.51. The second-order valence-electron chi connectivity index (χ2n) is 12.3. The third kappa shape index (κ3) is 3.56. The molecule has 0 aliphatic heterocycles. The molecule has 44 heavy (non-hydrogen) atoms. The van der Waals surface area contributed by atoms with Crippen LogP contribution in [0.5, 0.6) is 0 Å². The molecule has 2 aromatic heterocycles. The van der Waals surface area contributed by atoms with Gasteiger partial charge in [0.2, 0.25) is 0 Å². The van der Waals surface area contributed by atoms with Crippen LogP contribution in [0.15, 0.2) is 140 Å². The molecule has 0 unspecified atom stereocenters. The first-order valence-corrected chi connectivity index (χ1v) is 15.2. The number of benzene rings is 6. The van der Waals surface area contributed by atoms with Crippen molar-refractivity contribution in [1.29, 1.82) is 0 Å². The third-order valence-corrected chi connectivity index (χ3v) is 9.41. The molecule has 0 amide bonds. The summed E-state index contributed by atoms with van der Waals surface area (Å²) in [4.78, 5) is 9.99. The van der Waals surface area contributed by atoms with Gasteiger partial charge >= 0.3 is 0 Å². The van der Waals surface area contributed by atoms with Gasteiger partial charge in [-0.3, -0.25) is 0 Å². The van der Waals surface area contributed by atoms with Crippen LogP contribution in [0.2, 0.25) is 0 Å². The summed E-state index contributed by atoms with van der Waals surface area (Å²) in [6, 6.07) is 49.8. The summed E-state index contributed by atoms with van der Waals surface area (Å²) in [6.45, 7) is 4.70. The van der Waals surface area contributed by atoms with Crippen LogP contribution < -0.4 is 0 Å². The van der Waals surface area contributed by atoms with Crippen LogP contribution in [-0.2, 0) is 5.41 Å². The summed E-state index contributed by atoms with van der Waals surface area (Å²) in [7, 11) is 0. The molecule has 0 N–H and O–H groups in total. The molecule has 2 heterocycles. The fourth-order valence-corrected chi connectivity index (χ4v) is 7.22. The molecule has 1 aliphatic carbocycles. The van der Waals surface area contributed by atoms with Crippen LogP contribution in [-0.4, -0.2) is 14.5 Å². The quantitative estimate of drug-likeness (QED) is 0.214. The fourth-order valence-electron chi connectivity index (χ4n) is 7.22. The van der Waals surface area contributed by atoms with Crippen LogP contribution in [0.25, 0.3) is 72.2 Å². The lowest BCUT2D eigenvalue weighted by atomic mass is 9.82. The lowest BCUT2D eigenvalue weighted by molar-refractivity contribution is 0.661. The number of hydrogen-bond acceptors (Lipinski definition) is 2. The maximum atomic E-state index is 5.09. The summed E-state index contributed by atoms with van der Waals surface area (Å²) in [5.41, 5.74) is 13.0. The van der Waals surface area contributed by atoms with Gasteiger partial charge in [0.1, 0.15) is 0 Å². The normalized spacial score (nSPS) is 13.4. The van der Waals surface area contributed by atoms with Gasteiger partial charge < -0.3 is 4.57 Å². The molecule has 1 aliphatic rings. The summed E-state index contributed by atoms with van der Waals surface area (Å²) < 4.78 is 2.42. The molecule has 0 atom stereocenters. The first kappa shape index (κ1) is 25.0. The number of aromatic nitrogens is 3. The standard InChI is InChI=1S/C41H29N3/c1-41(2)34-17-9-6-14-29(34)32-24-33-30-15-8-11-19-37(30)44(38(33)25-35(32)41)28-22-20-26(21-23-28)39-31-16-7-10-18-36(31)42-40(43-39)27-12-4-3-5-13-27/h3-25H,1-2H3. The molecule has 0 fully saturated rings. The van der Waals surface area contributed by atoms with E-state index >= 15 is 0 Å². The molecule has 8 aromatic rings. The van der Waals surface area contributed by atoms with Gasteiger partial charge in [-0.05, 0) is 58.7 Å². The minimum atomic E-state index is -0.0597. The Bertz CT molecular complexity index is 2400. The van der Waals surface area contributed by atoms with E-state index in [0.717, 1.165) is 39.2 Å². The van der Waals surface area contributed by atoms with Gasteiger partial charge in [0.15, 0.2) is 5.82 Å². The molecular weight excluding hydrogens is 534 g/mol. The van der Waals surface area contributed by atoms with Crippen LogP contribution >= 0.6 is 0 Å². The monoisotopic (exact) mass is 563 g/mol. The molecule has 3 heteroatoms. The topological polar surface area (TPSA) is 30.7 Å². The van der Waals surface area contributed by atoms with E-state index in [9.17, 15) is 0 Å². The Morgan fingerprint density at radius 3 is 2.05 bits per heavy atom. The minimum absolute atomic E-state index is 0.0597. The highest BCUT2D eigenvalue weighted by molar-refractivity contribution is 6.11. The van der Waals surface area contributed by atoms with Crippen molar-refractivity contribution < 1.29 is 0 Å². The van der Waals surface area contributed by atoms with E-state index in [1.807, 2.05) is 24.3 Å². The number of rotatable bonds is 3. The van der Waals surface area contributed by atoms with E-state index in [0.29, 0.717) is 0 Å². The van der Waals surface area contributed by atoms with E-state index in [1.54, 1.807) is 0 Å². The van der Waals surface area contributed by atoms with Crippen molar-refractivity contribution in [2.75, 3.05) is 0 Å². The second-order valence-corrected chi connectivity index (χ2v) is 12.3. The second kappa shape index (κ2) is 9.23. The van der Waals surface area contributed by atoms with Crippen molar-refractivity contribution in [3.05, 3.63) is 151 Å². The summed E-state index contributed by atoms with van der Waals surface area (Å²) in [5.74, 6) is 0.739. The molecule has 0 radical (unpaired) electrons. The van der Waals surface area contributed by atoms with E-state index in [-0.39, 0.29) is 5.41 Å². The summed E-state index contributed by atoms with van der Waals surface area (Å²) in [6.07, 6.45) is 0. The maximum Gasteiger partial charge on any atom is 0.160 e. The van der Waals surface area contributed by atoms with Gasteiger partial charge in [0.25, 0.3) is 0 Å². The van der Waals surface area contributed by atoms with Crippen molar-refractivity contribution >= 4 is 32.7 Å². The average molecular weight is 564 g/mol. The molecule has 0 saturated carbocycles.